The molecule has 1 aliphatic carbocycles. The zero-order valence-corrected chi connectivity index (χ0v) is 25.2. The van der Waals surface area contributed by atoms with Gasteiger partial charge in [0.25, 0.3) is 0 Å². The van der Waals surface area contributed by atoms with Crippen molar-refractivity contribution in [3.05, 3.63) is 29.7 Å². The highest BCUT2D eigenvalue weighted by molar-refractivity contribution is 6.01. The van der Waals surface area contributed by atoms with Gasteiger partial charge >= 0.3 is 6.01 Å². The molecule has 2 aliphatic heterocycles. The predicted molar refractivity (Wildman–Crippen MR) is 163 cm³/mol. The number of rotatable bonds is 6. The fourth-order valence-corrected chi connectivity index (χ4v) is 7.64. The van der Waals surface area contributed by atoms with Crippen molar-refractivity contribution in [1.82, 2.24) is 30.5 Å². The molecule has 0 radical (unpaired) electrons. The van der Waals surface area contributed by atoms with E-state index in [1.54, 1.807) is 6.20 Å². The Labute approximate surface area is 250 Å². The van der Waals surface area contributed by atoms with Crippen LogP contribution in [0.25, 0.3) is 33.1 Å². The highest BCUT2D eigenvalue weighted by Crippen LogP contribution is 2.45. The maximum Gasteiger partial charge on any atom is 0.319 e. The van der Waals surface area contributed by atoms with Crippen molar-refractivity contribution in [2.75, 3.05) is 38.3 Å². The minimum Gasteiger partial charge on any atom is -0.480 e. The normalized spacial score (nSPS) is 26.1. The van der Waals surface area contributed by atoms with Crippen LogP contribution in [0.15, 0.2) is 18.3 Å². The van der Waals surface area contributed by atoms with Crippen LogP contribution in [0.2, 0.25) is 0 Å². The number of methoxy groups -OCH3 is 1. The summed E-state index contributed by atoms with van der Waals surface area (Å²) < 4.78 is 29.1. The summed E-state index contributed by atoms with van der Waals surface area (Å²) in [6, 6.07) is 4.38. The Morgan fingerprint density at radius 2 is 1.98 bits per heavy atom. The van der Waals surface area contributed by atoms with Crippen molar-refractivity contribution in [3.8, 4) is 23.1 Å². The number of benzene rings is 1. The van der Waals surface area contributed by atoms with Crippen LogP contribution in [-0.2, 0) is 0 Å². The third kappa shape index (κ3) is 4.96. The Balaban J connectivity index is 1.41. The number of aliphatic hydroxyl groups is 1. The summed E-state index contributed by atoms with van der Waals surface area (Å²) in [5.74, 6) is 0.124. The number of nitrogens with zero attached hydrogens (tertiary/aromatic N) is 5. The summed E-state index contributed by atoms with van der Waals surface area (Å²) in [5, 5.41) is 23.1. The number of β-amino-alcohol motifs (C(OH)–C–C–N with tert-alkyl or cyclic N) is 1. The molecule has 3 fully saturated rings. The largest absolute Gasteiger partial charge is 0.480 e. The first-order chi connectivity index (χ1) is 20.8. The summed E-state index contributed by atoms with van der Waals surface area (Å²) >= 11 is 0. The molecule has 0 amide bonds. The van der Waals surface area contributed by atoms with Crippen LogP contribution < -0.4 is 19.7 Å². The minimum atomic E-state index is -0.925. The Kier molecular flexibility index (Phi) is 7.12. The molecule has 4 aromatic rings. The van der Waals surface area contributed by atoms with E-state index in [-0.39, 0.29) is 28.5 Å². The van der Waals surface area contributed by atoms with Gasteiger partial charge in [-0.1, -0.05) is 12.5 Å². The van der Waals surface area contributed by atoms with Crippen molar-refractivity contribution in [1.29, 1.82) is 0 Å². The van der Waals surface area contributed by atoms with Crippen molar-refractivity contribution in [2.24, 2.45) is 5.41 Å². The van der Waals surface area contributed by atoms with Crippen LogP contribution in [0.3, 0.4) is 0 Å². The van der Waals surface area contributed by atoms with Crippen LogP contribution in [0.5, 0.6) is 11.9 Å². The lowest BCUT2D eigenvalue weighted by Gasteiger charge is -2.39. The number of H-pyrrole nitrogens is 1. The first-order valence-electron chi connectivity index (χ1n) is 15.5. The van der Waals surface area contributed by atoms with Gasteiger partial charge in [-0.25, -0.2) is 9.37 Å². The molecule has 10 nitrogen and oxygen atoms in total. The SMILES string of the molecule is COc1nc(-c2c(C)ccc3[nH]ncc23)c(F)c2nc(OC[C@@]34CCCN[C@@H]3CCC4)nc(N3CCCC[C@](C)(O)C3)c12. The number of fused-ring (bicyclic) bond motifs is 3. The number of aryl methyl sites for hydroxylation is 1. The zero-order valence-electron chi connectivity index (χ0n) is 25.2. The predicted octanol–water partition coefficient (Wildman–Crippen LogP) is 5.07. The maximum atomic E-state index is 16.9. The van der Waals surface area contributed by atoms with Gasteiger partial charge < -0.3 is 24.8 Å². The van der Waals surface area contributed by atoms with Crippen molar-refractivity contribution in [2.45, 2.75) is 76.9 Å². The van der Waals surface area contributed by atoms with E-state index in [1.807, 2.05) is 30.9 Å². The second-order valence-electron chi connectivity index (χ2n) is 13.0. The third-order valence-electron chi connectivity index (χ3n) is 9.84. The third-order valence-corrected chi connectivity index (χ3v) is 9.84. The Morgan fingerprint density at radius 1 is 1.12 bits per heavy atom. The topological polar surface area (TPSA) is 121 Å². The number of anilines is 1. The molecule has 11 heteroatoms. The molecule has 5 heterocycles. The fraction of sp³-hybridized carbons (Fsp3) is 0.562. The second-order valence-corrected chi connectivity index (χ2v) is 13.0. The number of piperidine rings is 1. The molecule has 0 spiro atoms. The Morgan fingerprint density at radius 3 is 2.84 bits per heavy atom. The number of aromatic amines is 1. The van der Waals surface area contributed by atoms with Crippen LogP contribution in [0.4, 0.5) is 10.2 Å². The van der Waals surface area contributed by atoms with Crippen molar-refractivity contribution in [3.63, 3.8) is 0 Å². The molecule has 7 rings (SSSR count). The van der Waals surface area contributed by atoms with Gasteiger partial charge in [0.1, 0.15) is 22.4 Å². The quantitative estimate of drug-likeness (QED) is 0.283. The highest BCUT2D eigenvalue weighted by atomic mass is 19.1. The molecule has 1 aromatic carbocycles. The number of hydrogen-bond acceptors (Lipinski definition) is 9. The monoisotopic (exact) mass is 589 g/mol. The molecule has 1 saturated carbocycles. The summed E-state index contributed by atoms with van der Waals surface area (Å²) in [5.41, 5.74) is 1.60. The van der Waals surface area contributed by atoms with E-state index in [0.29, 0.717) is 48.9 Å². The second kappa shape index (κ2) is 10.9. The zero-order chi connectivity index (χ0) is 29.8. The number of halogens is 1. The number of hydrogen-bond donors (Lipinski definition) is 3. The first-order valence-corrected chi connectivity index (χ1v) is 15.5. The molecule has 43 heavy (non-hydrogen) atoms. The molecular weight excluding hydrogens is 549 g/mol. The van der Waals surface area contributed by atoms with Gasteiger partial charge in [0, 0.05) is 35.5 Å². The number of pyridine rings is 1. The first kappa shape index (κ1) is 28.2. The van der Waals surface area contributed by atoms with Gasteiger partial charge in [0.2, 0.25) is 5.88 Å². The van der Waals surface area contributed by atoms with Crippen LogP contribution in [-0.4, -0.2) is 75.2 Å². The molecule has 3 N–H and O–H groups in total. The highest BCUT2D eigenvalue weighted by Gasteiger charge is 2.45. The summed E-state index contributed by atoms with van der Waals surface area (Å²) in [6.07, 6.45) is 9.68. The van der Waals surface area contributed by atoms with Crippen LogP contribution >= 0.6 is 0 Å². The van der Waals surface area contributed by atoms with E-state index in [1.165, 1.54) is 7.11 Å². The van der Waals surface area contributed by atoms with Gasteiger partial charge in [-0.05, 0) is 77.0 Å². The van der Waals surface area contributed by atoms with E-state index in [0.717, 1.165) is 68.0 Å². The van der Waals surface area contributed by atoms with Gasteiger partial charge in [-0.2, -0.15) is 15.1 Å². The number of aromatic nitrogens is 5. The van der Waals surface area contributed by atoms with Gasteiger partial charge in [-0.15, -0.1) is 0 Å². The Bertz CT molecular complexity index is 1670. The standard InChI is InChI=1S/C32H40FN7O3/c1-19-9-10-21-20(16-35-39-21)23(19)26-25(33)27-24(29(36-26)42-3)28(40-15-5-4-11-31(2,41)17-40)38-30(37-27)43-18-32-12-6-8-22(32)34-14-7-13-32/h9-10,16,22,34,41H,4-8,11-15,17-18H2,1-3H3,(H,35,39)/t22-,31+,32-/m1/s1. The van der Waals surface area contributed by atoms with Crippen molar-refractivity contribution < 1.29 is 19.0 Å². The van der Waals surface area contributed by atoms with Crippen LogP contribution in [0.1, 0.15) is 63.9 Å². The average Bonchev–Trinajstić information content (AvgIpc) is 3.61. The molecule has 3 aromatic heterocycles. The summed E-state index contributed by atoms with van der Waals surface area (Å²) in [6.45, 7) is 6.25. The van der Waals surface area contributed by atoms with Crippen LogP contribution in [0, 0.1) is 18.2 Å². The molecule has 2 saturated heterocycles. The van der Waals surface area contributed by atoms with Gasteiger partial charge in [0.15, 0.2) is 5.82 Å². The van der Waals surface area contributed by atoms with E-state index in [4.69, 9.17) is 24.4 Å². The lowest BCUT2D eigenvalue weighted by Crippen LogP contribution is -2.49. The fourth-order valence-electron chi connectivity index (χ4n) is 7.64. The lowest BCUT2D eigenvalue weighted by molar-refractivity contribution is 0.0610. The van der Waals surface area contributed by atoms with E-state index < -0.39 is 11.4 Å². The molecule has 3 aliphatic rings. The van der Waals surface area contributed by atoms with Gasteiger partial charge in [0.05, 0.1) is 31.0 Å². The lowest BCUT2D eigenvalue weighted by atomic mass is 9.76. The maximum absolute atomic E-state index is 16.9. The summed E-state index contributed by atoms with van der Waals surface area (Å²) in [4.78, 5) is 16.4. The molecule has 0 unspecified atom stereocenters. The van der Waals surface area contributed by atoms with Gasteiger partial charge in [-0.3, -0.25) is 5.10 Å². The van der Waals surface area contributed by atoms with E-state index in [9.17, 15) is 5.11 Å². The molecule has 3 atom stereocenters. The van der Waals surface area contributed by atoms with Crippen molar-refractivity contribution >= 4 is 27.6 Å². The molecular formula is C32H40FN7O3. The Hall–Kier alpha value is -3.57. The smallest absolute Gasteiger partial charge is 0.319 e. The minimum absolute atomic E-state index is 0.0245. The number of nitrogens with one attached hydrogen (secondary N) is 2. The number of ether oxygens (including phenoxy) is 2. The molecule has 0 bridgehead atoms. The molecule has 228 valence electrons. The van der Waals surface area contributed by atoms with E-state index in [2.05, 4.69) is 15.5 Å². The van der Waals surface area contributed by atoms with E-state index >= 15 is 4.39 Å². The summed E-state index contributed by atoms with van der Waals surface area (Å²) in [7, 11) is 1.52. The average molecular weight is 590 g/mol.